The van der Waals surface area contributed by atoms with Crippen LogP contribution in [-0.4, -0.2) is 43.1 Å². The van der Waals surface area contributed by atoms with Crippen LogP contribution in [-0.2, 0) is 4.74 Å². The van der Waals surface area contributed by atoms with E-state index in [0.29, 0.717) is 5.57 Å². The Balaban J connectivity index is 2.29. The van der Waals surface area contributed by atoms with E-state index < -0.39 is 29.9 Å². The second kappa shape index (κ2) is 9.53. The summed E-state index contributed by atoms with van der Waals surface area (Å²) >= 11 is 0. The molecule has 1 heterocycles. The number of halogens is 4. The first kappa shape index (κ1) is 23.1. The molecule has 0 bridgehead atoms. The molecule has 0 radical (unpaired) electrons. The minimum Gasteiger partial charge on any atom is -0.481 e. The number of nitrogens with zero attached hydrogens (tertiary/aromatic N) is 2. The molecule has 2 aromatic rings. The van der Waals surface area contributed by atoms with Gasteiger partial charge in [-0.15, -0.1) is 13.2 Å². The summed E-state index contributed by atoms with van der Waals surface area (Å²) in [5, 5.41) is 2.59. The topological polar surface area (TPSA) is 82.6 Å². The second-order valence-corrected chi connectivity index (χ2v) is 6.12. The van der Waals surface area contributed by atoms with Crippen LogP contribution in [0.2, 0.25) is 0 Å². The van der Waals surface area contributed by atoms with Gasteiger partial charge in [-0.25, -0.2) is 9.37 Å². The van der Waals surface area contributed by atoms with E-state index >= 15 is 0 Å². The maximum Gasteiger partial charge on any atom is 0.573 e. The Kier molecular flexibility index (Phi) is 7.33. The van der Waals surface area contributed by atoms with Crippen molar-refractivity contribution in [1.29, 1.82) is 0 Å². The monoisotopic (exact) mass is 429 g/mol. The Morgan fingerprint density at radius 1 is 1.23 bits per heavy atom. The molecule has 1 amide bonds. The highest BCUT2D eigenvalue weighted by molar-refractivity contribution is 5.93. The van der Waals surface area contributed by atoms with E-state index in [-0.39, 0.29) is 29.6 Å². The standard InChI is InChI=1S/C19H19F4N3O4/c1-10(2)17-24-13(8-16(26-17)29-4)18(27)25-14(9-28-3)11-5-6-15(12(20)7-11)30-19(21,22)23/h5-8,14H,1,9H2,2-4H3,(H,25,27)/t14-/m1/s1. The van der Waals surface area contributed by atoms with E-state index in [2.05, 4.69) is 26.6 Å². The molecule has 0 fully saturated rings. The van der Waals surface area contributed by atoms with Gasteiger partial charge < -0.3 is 19.5 Å². The van der Waals surface area contributed by atoms with Gasteiger partial charge in [0.2, 0.25) is 5.88 Å². The van der Waals surface area contributed by atoms with Crippen LogP contribution in [0.25, 0.3) is 5.57 Å². The number of carbonyl (C=O) groups is 1. The lowest BCUT2D eigenvalue weighted by molar-refractivity contribution is -0.275. The van der Waals surface area contributed by atoms with Crippen LogP contribution in [0.4, 0.5) is 17.6 Å². The fourth-order valence-corrected chi connectivity index (χ4v) is 2.40. The van der Waals surface area contributed by atoms with Gasteiger partial charge in [0.15, 0.2) is 17.4 Å². The number of methoxy groups -OCH3 is 2. The van der Waals surface area contributed by atoms with Crippen LogP contribution >= 0.6 is 0 Å². The van der Waals surface area contributed by atoms with E-state index in [1.807, 2.05) is 0 Å². The summed E-state index contributed by atoms with van der Waals surface area (Å²) in [6.07, 6.45) is -5.03. The number of hydrogen-bond acceptors (Lipinski definition) is 6. The zero-order valence-electron chi connectivity index (χ0n) is 16.3. The van der Waals surface area contributed by atoms with Crippen molar-refractivity contribution in [3.63, 3.8) is 0 Å². The third-order valence-electron chi connectivity index (χ3n) is 3.75. The highest BCUT2D eigenvalue weighted by atomic mass is 19.4. The van der Waals surface area contributed by atoms with Gasteiger partial charge in [-0.05, 0) is 30.2 Å². The molecule has 30 heavy (non-hydrogen) atoms. The van der Waals surface area contributed by atoms with Crippen molar-refractivity contribution < 1.29 is 36.6 Å². The SMILES string of the molecule is C=C(C)c1nc(OC)cc(C(=O)N[C@H](COC)c2ccc(OC(F)(F)F)c(F)c2)n1. The summed E-state index contributed by atoms with van der Waals surface area (Å²) in [5.41, 5.74) is 0.621. The zero-order chi connectivity index (χ0) is 22.5. The van der Waals surface area contributed by atoms with Gasteiger partial charge in [0.1, 0.15) is 5.69 Å². The van der Waals surface area contributed by atoms with E-state index in [0.717, 1.165) is 12.1 Å². The largest absolute Gasteiger partial charge is 0.573 e. The Morgan fingerprint density at radius 2 is 1.93 bits per heavy atom. The predicted molar refractivity (Wildman–Crippen MR) is 98.5 cm³/mol. The van der Waals surface area contributed by atoms with E-state index in [9.17, 15) is 22.4 Å². The lowest BCUT2D eigenvalue weighted by Crippen LogP contribution is -2.32. The first-order valence-electron chi connectivity index (χ1n) is 8.48. The van der Waals surface area contributed by atoms with Crippen LogP contribution < -0.4 is 14.8 Å². The van der Waals surface area contributed by atoms with Gasteiger partial charge >= 0.3 is 6.36 Å². The first-order valence-corrected chi connectivity index (χ1v) is 8.48. The molecule has 162 valence electrons. The molecule has 1 atom stereocenters. The molecule has 0 aliphatic carbocycles. The molecule has 11 heteroatoms. The number of carbonyl (C=O) groups excluding carboxylic acids is 1. The number of allylic oxidation sites excluding steroid dienone is 1. The highest BCUT2D eigenvalue weighted by Crippen LogP contribution is 2.28. The lowest BCUT2D eigenvalue weighted by Gasteiger charge is -2.19. The van der Waals surface area contributed by atoms with Crippen molar-refractivity contribution in [3.05, 3.63) is 53.7 Å². The molecular weight excluding hydrogens is 410 g/mol. The van der Waals surface area contributed by atoms with E-state index in [4.69, 9.17) is 9.47 Å². The predicted octanol–water partition coefficient (Wildman–Crippen LogP) is 3.67. The van der Waals surface area contributed by atoms with Crippen molar-refractivity contribution >= 4 is 11.5 Å². The van der Waals surface area contributed by atoms with Crippen LogP contribution in [0.15, 0.2) is 30.8 Å². The summed E-state index contributed by atoms with van der Waals surface area (Å²) in [6.45, 7) is 5.28. The van der Waals surface area contributed by atoms with Crippen LogP contribution in [0, 0.1) is 5.82 Å². The van der Waals surface area contributed by atoms with Gasteiger partial charge in [-0.2, -0.15) is 4.98 Å². The van der Waals surface area contributed by atoms with Crippen molar-refractivity contribution in [2.75, 3.05) is 20.8 Å². The molecule has 0 aliphatic rings. The van der Waals surface area contributed by atoms with Crippen molar-refractivity contribution in [2.24, 2.45) is 0 Å². The number of aromatic nitrogens is 2. The molecule has 0 spiro atoms. The Bertz CT molecular complexity index is 934. The summed E-state index contributed by atoms with van der Waals surface area (Å²) < 4.78 is 64.7. The molecule has 1 N–H and O–H groups in total. The summed E-state index contributed by atoms with van der Waals surface area (Å²) in [4.78, 5) is 20.8. The molecule has 1 aromatic carbocycles. The Hall–Kier alpha value is -3.21. The van der Waals surface area contributed by atoms with Crippen LogP contribution in [0.5, 0.6) is 11.6 Å². The molecule has 0 unspecified atom stereocenters. The number of hydrogen-bond donors (Lipinski definition) is 1. The molecular formula is C19H19F4N3O4. The quantitative estimate of drug-likeness (QED) is 0.645. The van der Waals surface area contributed by atoms with Gasteiger partial charge in [0.05, 0.1) is 19.8 Å². The number of benzene rings is 1. The van der Waals surface area contributed by atoms with Gasteiger partial charge in [0, 0.05) is 13.2 Å². The Morgan fingerprint density at radius 3 is 2.47 bits per heavy atom. The minimum absolute atomic E-state index is 0.0431. The van der Waals surface area contributed by atoms with Crippen molar-refractivity contribution in [2.45, 2.75) is 19.3 Å². The Labute approximate surface area is 169 Å². The average molecular weight is 429 g/mol. The summed E-state index contributed by atoms with van der Waals surface area (Å²) in [7, 11) is 2.72. The summed E-state index contributed by atoms with van der Waals surface area (Å²) in [6, 6.07) is 3.25. The van der Waals surface area contributed by atoms with Crippen LogP contribution in [0.1, 0.15) is 34.8 Å². The van der Waals surface area contributed by atoms with Crippen LogP contribution in [0.3, 0.4) is 0 Å². The normalized spacial score (nSPS) is 12.2. The van der Waals surface area contributed by atoms with E-state index in [1.165, 1.54) is 26.4 Å². The molecule has 2 rings (SSSR count). The molecule has 1 aromatic heterocycles. The number of ether oxygens (including phenoxy) is 3. The molecule has 0 saturated carbocycles. The highest BCUT2D eigenvalue weighted by Gasteiger charge is 2.32. The third-order valence-corrected chi connectivity index (χ3v) is 3.75. The van der Waals surface area contributed by atoms with Gasteiger partial charge in [0.25, 0.3) is 5.91 Å². The van der Waals surface area contributed by atoms with Crippen molar-refractivity contribution in [3.8, 4) is 11.6 Å². The number of nitrogens with one attached hydrogen (secondary N) is 1. The lowest BCUT2D eigenvalue weighted by atomic mass is 10.1. The van der Waals surface area contributed by atoms with Gasteiger partial charge in [-0.1, -0.05) is 12.6 Å². The third kappa shape index (κ3) is 6.14. The number of amides is 1. The second-order valence-electron chi connectivity index (χ2n) is 6.12. The first-order chi connectivity index (χ1) is 14.0. The smallest absolute Gasteiger partial charge is 0.481 e. The zero-order valence-corrected chi connectivity index (χ0v) is 16.3. The maximum absolute atomic E-state index is 14.1. The maximum atomic E-state index is 14.1. The van der Waals surface area contributed by atoms with Gasteiger partial charge in [-0.3, -0.25) is 4.79 Å². The number of rotatable bonds is 8. The molecule has 0 aliphatic heterocycles. The fraction of sp³-hybridized carbons (Fsp3) is 0.316. The number of alkyl halides is 3. The summed E-state index contributed by atoms with van der Waals surface area (Å²) in [5.74, 6) is -2.55. The van der Waals surface area contributed by atoms with E-state index in [1.54, 1.807) is 6.92 Å². The van der Waals surface area contributed by atoms with Crippen molar-refractivity contribution in [1.82, 2.24) is 15.3 Å². The average Bonchev–Trinajstić information content (AvgIpc) is 2.67. The minimum atomic E-state index is -5.03. The fourth-order valence-electron chi connectivity index (χ4n) is 2.40. The molecule has 0 saturated heterocycles. The molecule has 7 nitrogen and oxygen atoms in total.